The second-order valence-electron chi connectivity index (χ2n) is 8.89. The Bertz CT molecular complexity index is 1300. The number of rotatable bonds is 14. The molecule has 0 radical (unpaired) electrons. The highest BCUT2D eigenvalue weighted by Gasteiger charge is 2.19. The summed E-state index contributed by atoms with van der Waals surface area (Å²) in [6, 6.07) is 13.9. The van der Waals surface area contributed by atoms with Gasteiger partial charge in [-0.15, -0.1) is 0 Å². The highest BCUT2D eigenvalue weighted by Crippen LogP contribution is 2.13. The van der Waals surface area contributed by atoms with Crippen molar-refractivity contribution in [3.63, 3.8) is 0 Å². The molecule has 0 bridgehead atoms. The number of aryl methyl sites for hydroxylation is 1. The number of pyridine rings is 1. The highest BCUT2D eigenvalue weighted by molar-refractivity contribution is 5.71. The van der Waals surface area contributed by atoms with E-state index in [4.69, 9.17) is 14.6 Å². The zero-order chi connectivity index (χ0) is 30.0. The Balaban J connectivity index is 0.00000138. The van der Waals surface area contributed by atoms with E-state index in [0.29, 0.717) is 25.3 Å². The summed E-state index contributed by atoms with van der Waals surface area (Å²) in [5.74, 6) is -0.710. The van der Waals surface area contributed by atoms with Crippen molar-refractivity contribution in [2.45, 2.75) is 52.3 Å². The molecule has 5 N–H and O–H groups in total. The number of amides is 1. The monoisotopic (exact) mass is 568 g/mol. The van der Waals surface area contributed by atoms with E-state index >= 15 is 0 Å². The topological polar surface area (TPSA) is 185 Å². The number of carbonyl (C=O) groups excluding carboxylic acids is 1. The minimum atomic E-state index is -1.11. The molecule has 0 spiro atoms. The maximum atomic E-state index is 12.8. The molecule has 0 fully saturated rings. The lowest BCUT2D eigenvalue weighted by Gasteiger charge is -2.19. The molecule has 41 heavy (non-hydrogen) atoms. The fourth-order valence-corrected chi connectivity index (χ4v) is 3.65. The molecule has 2 heterocycles. The van der Waals surface area contributed by atoms with Crippen molar-refractivity contribution in [1.29, 1.82) is 0 Å². The highest BCUT2D eigenvalue weighted by atomic mass is 16.5. The van der Waals surface area contributed by atoms with Crippen LogP contribution in [0.2, 0.25) is 0 Å². The van der Waals surface area contributed by atoms with Crippen molar-refractivity contribution < 1.29 is 29.3 Å². The molecule has 1 aromatic carbocycles. The molecular weight excluding hydrogens is 532 g/mol. The SMILES string of the molecule is CC(=O)O.CCCc1cn(CC(CC(=O)O)NC(=O)OCc2ccccc2)c(=O)nc1NCCNc1ccccn1. The smallest absolute Gasteiger partial charge is 0.407 e. The normalized spacial score (nSPS) is 10.9. The summed E-state index contributed by atoms with van der Waals surface area (Å²) in [6.07, 6.45) is 3.71. The quantitative estimate of drug-likeness (QED) is 0.180. The van der Waals surface area contributed by atoms with Crippen molar-refractivity contribution in [2.24, 2.45) is 0 Å². The molecule has 1 amide bonds. The van der Waals surface area contributed by atoms with E-state index in [2.05, 4.69) is 25.9 Å². The van der Waals surface area contributed by atoms with Gasteiger partial charge < -0.3 is 30.9 Å². The van der Waals surface area contributed by atoms with Crippen molar-refractivity contribution in [3.05, 3.63) is 82.5 Å². The van der Waals surface area contributed by atoms with Crippen LogP contribution in [0, 0.1) is 0 Å². The summed E-state index contributed by atoms with van der Waals surface area (Å²) in [6.45, 7) is 4.17. The first kappa shape index (κ1) is 32.3. The molecule has 13 heteroatoms. The number of carboxylic acid groups (broad SMARTS) is 2. The van der Waals surface area contributed by atoms with Crippen molar-refractivity contribution in [1.82, 2.24) is 19.9 Å². The summed E-state index contributed by atoms with van der Waals surface area (Å²) in [5, 5.41) is 25.7. The Morgan fingerprint density at radius 1 is 1.02 bits per heavy atom. The number of nitrogens with zero attached hydrogens (tertiary/aromatic N) is 3. The molecule has 0 saturated carbocycles. The summed E-state index contributed by atoms with van der Waals surface area (Å²) in [7, 11) is 0. The van der Waals surface area contributed by atoms with Gasteiger partial charge in [-0.25, -0.2) is 14.6 Å². The number of aromatic nitrogens is 3. The number of alkyl carbamates (subject to hydrolysis) is 1. The lowest BCUT2D eigenvalue weighted by atomic mass is 10.1. The maximum absolute atomic E-state index is 12.8. The van der Waals surface area contributed by atoms with Gasteiger partial charge in [0.2, 0.25) is 0 Å². The lowest BCUT2D eigenvalue weighted by Crippen LogP contribution is -2.42. The maximum Gasteiger partial charge on any atom is 0.407 e. The van der Waals surface area contributed by atoms with E-state index in [9.17, 15) is 19.5 Å². The number of aliphatic carboxylic acids is 2. The van der Waals surface area contributed by atoms with E-state index in [-0.39, 0.29) is 19.6 Å². The Morgan fingerprint density at radius 3 is 2.34 bits per heavy atom. The minimum absolute atomic E-state index is 0.0458. The number of carbonyl (C=O) groups is 3. The van der Waals surface area contributed by atoms with Gasteiger partial charge in [0.1, 0.15) is 18.2 Å². The van der Waals surface area contributed by atoms with Gasteiger partial charge >= 0.3 is 17.8 Å². The van der Waals surface area contributed by atoms with Crippen LogP contribution in [-0.2, 0) is 33.9 Å². The molecule has 1 unspecified atom stereocenters. The van der Waals surface area contributed by atoms with Crippen LogP contribution in [0.1, 0.15) is 37.8 Å². The standard InChI is InChI=1S/C26H32N6O5.C2H4O2/c1-2-8-20-16-32(25(35)31-24(20)29-14-13-28-22-11-6-7-12-27-22)17-21(15-23(33)34)30-26(36)37-18-19-9-4-3-5-10-19;1-2(3)4/h3-7,9-12,16,21H,2,8,13-15,17-18H2,1H3,(H,27,28)(H,30,36)(H,33,34)(H,29,31,35);1H3,(H,3,4). The van der Waals surface area contributed by atoms with Crippen LogP contribution in [0.5, 0.6) is 0 Å². The molecule has 3 aromatic rings. The molecule has 220 valence electrons. The summed E-state index contributed by atoms with van der Waals surface area (Å²) in [5.41, 5.74) is 1.07. The van der Waals surface area contributed by atoms with Crippen LogP contribution < -0.4 is 21.6 Å². The van der Waals surface area contributed by atoms with Gasteiger partial charge in [-0.3, -0.25) is 14.2 Å². The largest absolute Gasteiger partial charge is 0.481 e. The van der Waals surface area contributed by atoms with Crippen molar-refractivity contribution in [2.75, 3.05) is 23.7 Å². The first-order valence-electron chi connectivity index (χ1n) is 13.1. The van der Waals surface area contributed by atoms with Crippen LogP contribution >= 0.6 is 0 Å². The molecule has 0 saturated heterocycles. The molecule has 0 aliphatic rings. The number of nitrogens with one attached hydrogen (secondary N) is 3. The molecule has 0 aliphatic carbocycles. The first-order chi connectivity index (χ1) is 19.7. The minimum Gasteiger partial charge on any atom is -0.481 e. The molecule has 3 rings (SSSR count). The zero-order valence-corrected chi connectivity index (χ0v) is 23.1. The van der Waals surface area contributed by atoms with Crippen LogP contribution in [0.25, 0.3) is 0 Å². The van der Waals surface area contributed by atoms with Gasteiger partial charge in [0.25, 0.3) is 5.97 Å². The van der Waals surface area contributed by atoms with Gasteiger partial charge in [0, 0.05) is 44.5 Å². The van der Waals surface area contributed by atoms with E-state index < -0.39 is 29.8 Å². The number of benzene rings is 1. The zero-order valence-electron chi connectivity index (χ0n) is 23.1. The molecule has 1 atom stereocenters. The summed E-state index contributed by atoms with van der Waals surface area (Å²) < 4.78 is 6.54. The average Bonchev–Trinajstić information content (AvgIpc) is 2.93. The van der Waals surface area contributed by atoms with E-state index in [1.54, 1.807) is 12.4 Å². The van der Waals surface area contributed by atoms with Gasteiger partial charge in [-0.05, 0) is 24.1 Å². The summed E-state index contributed by atoms with van der Waals surface area (Å²) in [4.78, 5) is 53.9. The second-order valence-corrected chi connectivity index (χ2v) is 8.89. The number of hydrogen-bond acceptors (Lipinski definition) is 9. The van der Waals surface area contributed by atoms with Gasteiger partial charge in [0.05, 0.1) is 12.5 Å². The fraction of sp³-hybridized carbons (Fsp3) is 0.357. The first-order valence-corrected chi connectivity index (χ1v) is 13.1. The fourth-order valence-electron chi connectivity index (χ4n) is 3.65. The van der Waals surface area contributed by atoms with Gasteiger partial charge in [0.15, 0.2) is 0 Å². The molecule has 13 nitrogen and oxygen atoms in total. The molecule has 0 aliphatic heterocycles. The molecule has 2 aromatic heterocycles. The van der Waals surface area contributed by atoms with E-state index in [0.717, 1.165) is 30.3 Å². The van der Waals surface area contributed by atoms with Crippen LogP contribution in [-0.4, -0.2) is 61.9 Å². The van der Waals surface area contributed by atoms with Crippen molar-refractivity contribution in [3.8, 4) is 0 Å². The van der Waals surface area contributed by atoms with Crippen LogP contribution in [0.3, 0.4) is 0 Å². The Kier molecular flexibility index (Phi) is 13.9. The summed E-state index contributed by atoms with van der Waals surface area (Å²) >= 11 is 0. The van der Waals surface area contributed by atoms with E-state index in [1.165, 1.54) is 4.57 Å². The van der Waals surface area contributed by atoms with Crippen molar-refractivity contribution >= 4 is 29.7 Å². The number of ether oxygens (including phenoxy) is 1. The Hall–Kier alpha value is -4.94. The molecular formula is C28H36N6O7. The second kappa shape index (κ2) is 17.6. The third kappa shape index (κ3) is 13.1. The van der Waals surface area contributed by atoms with E-state index in [1.807, 2.05) is 55.5 Å². The number of anilines is 2. The third-order valence-corrected chi connectivity index (χ3v) is 5.35. The number of hydrogen-bond donors (Lipinski definition) is 5. The third-order valence-electron chi connectivity index (χ3n) is 5.35. The predicted octanol–water partition coefficient (Wildman–Crippen LogP) is 2.98. The van der Waals surface area contributed by atoms with Gasteiger partial charge in [-0.2, -0.15) is 4.98 Å². The Labute approximate surface area is 237 Å². The number of carboxylic acids is 2. The van der Waals surface area contributed by atoms with Crippen LogP contribution in [0.4, 0.5) is 16.4 Å². The van der Waals surface area contributed by atoms with Crippen LogP contribution in [0.15, 0.2) is 65.7 Å². The predicted molar refractivity (Wildman–Crippen MR) is 153 cm³/mol. The lowest BCUT2D eigenvalue weighted by molar-refractivity contribution is -0.137. The Morgan fingerprint density at radius 2 is 1.71 bits per heavy atom. The average molecular weight is 569 g/mol. The van der Waals surface area contributed by atoms with Gasteiger partial charge in [-0.1, -0.05) is 49.7 Å².